The van der Waals surface area contributed by atoms with Crippen molar-refractivity contribution in [3.8, 4) is 0 Å². The predicted octanol–water partition coefficient (Wildman–Crippen LogP) is 0.171. The molecule has 2 aliphatic rings. The summed E-state index contributed by atoms with van der Waals surface area (Å²) in [6.07, 6.45) is 1.44. The molecule has 48 heavy (non-hydrogen) atoms. The van der Waals surface area contributed by atoms with Crippen LogP contribution in [0.15, 0.2) is 83.1 Å². The minimum Gasteiger partial charge on any atom is -0.463 e. The first-order valence-corrected chi connectivity index (χ1v) is 15.4. The van der Waals surface area contributed by atoms with Crippen molar-refractivity contribution in [2.45, 2.75) is 96.0 Å². The van der Waals surface area contributed by atoms with Crippen LogP contribution < -0.4 is 0 Å². The van der Waals surface area contributed by atoms with Gasteiger partial charge in [0.25, 0.3) is 0 Å². The molecule has 0 aromatic carbocycles. The highest BCUT2D eigenvalue weighted by atomic mass is 16.7. The van der Waals surface area contributed by atoms with Gasteiger partial charge in [-0.15, -0.1) is 0 Å². The minimum atomic E-state index is -1.80. The molecule has 0 aliphatic carbocycles. The van der Waals surface area contributed by atoms with E-state index in [0.29, 0.717) is 12.2 Å². The van der Waals surface area contributed by atoms with Gasteiger partial charge in [0.1, 0.15) is 48.8 Å². The number of ether oxygens (including phenoxy) is 5. The Bertz CT molecular complexity index is 1280. The van der Waals surface area contributed by atoms with E-state index in [2.05, 4.69) is 0 Å². The van der Waals surface area contributed by atoms with Crippen LogP contribution in [0.2, 0.25) is 0 Å². The summed E-state index contributed by atoms with van der Waals surface area (Å²) in [5.74, 6) is -1.23. The molecular formula is C34H48O14. The molecular weight excluding hydrogens is 632 g/mol. The molecule has 0 saturated carbocycles. The molecule has 2 saturated heterocycles. The Hall–Kier alpha value is -3.28. The Morgan fingerprint density at radius 3 is 1.62 bits per heavy atom. The van der Waals surface area contributed by atoms with E-state index < -0.39 is 80.6 Å². The number of rotatable bonds is 14. The molecule has 14 heteroatoms. The first-order valence-electron chi connectivity index (χ1n) is 15.4. The number of hydrogen-bond acceptors (Lipinski definition) is 14. The van der Waals surface area contributed by atoms with Crippen LogP contribution in [0.1, 0.15) is 34.6 Å². The van der Waals surface area contributed by atoms with Crippen molar-refractivity contribution >= 4 is 11.9 Å². The standard InChI is InChI=1S/C34H48O14/c1-6-44-31(42)21(4)15-9-13-19(2)11-7-8-12-20(3)14-10-16-22(5)32(43)48-34-30(41)28(39)26(37)24(47-34)18-45-33-29(40)27(38)25(36)23(17-35)46-33/h7-16,23-30,33-41H,6,17-18H2,1-5H3/b8-7+,13-9+,14-10+,19-11+,20-12+,21-15+,22-16+/t23?,24?,25-,26-,27+,28+,29?,30?,33-,34+/m1/s1. The minimum absolute atomic E-state index is 0.137. The highest BCUT2D eigenvalue weighted by Crippen LogP contribution is 2.26. The third-order valence-electron chi connectivity index (χ3n) is 7.32. The molecule has 7 N–H and O–H groups in total. The van der Waals surface area contributed by atoms with Crippen LogP contribution in [0.5, 0.6) is 0 Å². The van der Waals surface area contributed by atoms with Gasteiger partial charge in [-0.1, -0.05) is 71.9 Å². The smallest absolute Gasteiger partial charge is 0.336 e. The third-order valence-corrected chi connectivity index (χ3v) is 7.32. The van der Waals surface area contributed by atoms with Gasteiger partial charge in [0.05, 0.1) is 19.8 Å². The van der Waals surface area contributed by atoms with Gasteiger partial charge in [-0.3, -0.25) is 0 Å². The van der Waals surface area contributed by atoms with E-state index >= 15 is 0 Å². The summed E-state index contributed by atoms with van der Waals surface area (Å²) in [7, 11) is 0. The number of hydrogen-bond donors (Lipinski definition) is 7. The lowest BCUT2D eigenvalue weighted by Gasteiger charge is -2.42. The highest BCUT2D eigenvalue weighted by Gasteiger charge is 2.48. The van der Waals surface area contributed by atoms with Crippen LogP contribution in [0.4, 0.5) is 0 Å². The van der Waals surface area contributed by atoms with Crippen LogP contribution >= 0.6 is 0 Å². The topological polar surface area (TPSA) is 222 Å². The van der Waals surface area contributed by atoms with Crippen molar-refractivity contribution in [2.75, 3.05) is 19.8 Å². The fourth-order valence-corrected chi connectivity index (χ4v) is 4.34. The number of aliphatic hydroxyl groups is 7. The monoisotopic (exact) mass is 680 g/mol. The van der Waals surface area contributed by atoms with Gasteiger partial charge in [0.15, 0.2) is 6.29 Å². The van der Waals surface area contributed by atoms with Crippen LogP contribution in [-0.4, -0.2) is 129 Å². The summed E-state index contributed by atoms with van der Waals surface area (Å²) in [4.78, 5) is 24.3. The van der Waals surface area contributed by atoms with Gasteiger partial charge in [-0.25, -0.2) is 9.59 Å². The fourth-order valence-electron chi connectivity index (χ4n) is 4.34. The quantitative estimate of drug-likeness (QED) is 0.0739. The second kappa shape index (κ2) is 20.3. The van der Waals surface area contributed by atoms with Crippen molar-refractivity contribution in [1.82, 2.24) is 0 Å². The molecule has 0 aromatic rings. The molecule has 268 valence electrons. The highest BCUT2D eigenvalue weighted by molar-refractivity contribution is 5.88. The number of esters is 2. The number of allylic oxidation sites excluding steroid dienone is 12. The first kappa shape index (κ1) is 40.9. The molecule has 4 unspecified atom stereocenters. The average molecular weight is 681 g/mol. The van der Waals surface area contributed by atoms with E-state index in [1.54, 1.807) is 38.2 Å². The van der Waals surface area contributed by atoms with E-state index in [4.69, 9.17) is 23.7 Å². The molecule has 2 heterocycles. The van der Waals surface area contributed by atoms with Gasteiger partial charge in [-0.05, 0) is 34.6 Å². The maximum atomic E-state index is 12.7. The van der Waals surface area contributed by atoms with Gasteiger partial charge in [-0.2, -0.15) is 0 Å². The third kappa shape index (κ3) is 12.3. The van der Waals surface area contributed by atoms with Gasteiger partial charge < -0.3 is 59.4 Å². The van der Waals surface area contributed by atoms with E-state index in [1.165, 1.54) is 13.0 Å². The Labute approximate surface area is 279 Å². The second-order valence-corrected chi connectivity index (χ2v) is 11.3. The second-order valence-electron chi connectivity index (χ2n) is 11.3. The summed E-state index contributed by atoms with van der Waals surface area (Å²) >= 11 is 0. The average Bonchev–Trinajstić information content (AvgIpc) is 3.05. The normalized spacial score (nSPS) is 32.8. The van der Waals surface area contributed by atoms with Gasteiger partial charge in [0.2, 0.25) is 6.29 Å². The van der Waals surface area contributed by atoms with E-state index in [9.17, 15) is 45.3 Å². The van der Waals surface area contributed by atoms with Crippen LogP contribution in [0.25, 0.3) is 0 Å². The largest absolute Gasteiger partial charge is 0.463 e. The zero-order chi connectivity index (χ0) is 36.0. The SMILES string of the molecule is CCOC(=O)/C(C)=C/C=C/C(C)=C/C=C/C=C(C)/C=C/C=C(\C)C(=O)O[C@@H]1OC(CO[C@@H]2OC(CO)[C@@H](O)[C@H](O)C2O)[C@@H](O)[C@H](O)C1O. The summed E-state index contributed by atoms with van der Waals surface area (Å²) in [5, 5.41) is 70.4. The number of carbonyl (C=O) groups is 2. The zero-order valence-corrected chi connectivity index (χ0v) is 27.7. The van der Waals surface area contributed by atoms with Gasteiger partial charge >= 0.3 is 11.9 Å². The van der Waals surface area contributed by atoms with E-state index in [0.717, 1.165) is 11.1 Å². The maximum absolute atomic E-state index is 12.7. The first-order chi connectivity index (χ1) is 22.7. The molecule has 2 fully saturated rings. The number of aliphatic hydroxyl groups excluding tert-OH is 7. The predicted molar refractivity (Wildman–Crippen MR) is 172 cm³/mol. The van der Waals surface area contributed by atoms with E-state index in [-0.39, 0.29) is 11.5 Å². The van der Waals surface area contributed by atoms with E-state index in [1.807, 2.05) is 44.2 Å². The van der Waals surface area contributed by atoms with Crippen LogP contribution in [0.3, 0.4) is 0 Å². The van der Waals surface area contributed by atoms with Crippen molar-refractivity contribution in [2.24, 2.45) is 0 Å². The Kier molecular flexibility index (Phi) is 17.3. The van der Waals surface area contributed by atoms with Crippen molar-refractivity contribution in [3.63, 3.8) is 0 Å². The maximum Gasteiger partial charge on any atom is 0.336 e. The Morgan fingerprint density at radius 1 is 0.625 bits per heavy atom. The molecule has 2 aliphatic heterocycles. The molecule has 0 bridgehead atoms. The van der Waals surface area contributed by atoms with Crippen molar-refractivity contribution in [1.29, 1.82) is 0 Å². The summed E-state index contributed by atoms with van der Waals surface area (Å²) < 4.78 is 26.2. The van der Waals surface area contributed by atoms with Crippen LogP contribution in [-0.2, 0) is 33.3 Å². The van der Waals surface area contributed by atoms with Crippen molar-refractivity contribution < 1.29 is 69.0 Å². The molecule has 14 nitrogen and oxygen atoms in total. The lowest BCUT2D eigenvalue weighted by atomic mass is 9.98. The van der Waals surface area contributed by atoms with Crippen LogP contribution in [0, 0.1) is 0 Å². The molecule has 0 aromatic heterocycles. The molecule has 10 atom stereocenters. The fraction of sp³-hybridized carbons (Fsp3) is 0.529. The Balaban J connectivity index is 1.93. The Morgan fingerprint density at radius 2 is 1.10 bits per heavy atom. The molecule has 2 rings (SSSR count). The summed E-state index contributed by atoms with van der Waals surface area (Å²) in [6, 6.07) is 0. The number of carbonyl (C=O) groups excluding carboxylic acids is 2. The molecule has 0 spiro atoms. The lowest BCUT2D eigenvalue weighted by molar-refractivity contribution is -0.326. The molecule has 0 amide bonds. The summed E-state index contributed by atoms with van der Waals surface area (Å²) in [6.45, 7) is 7.75. The zero-order valence-electron chi connectivity index (χ0n) is 27.7. The summed E-state index contributed by atoms with van der Waals surface area (Å²) in [5.41, 5.74) is 2.46. The van der Waals surface area contributed by atoms with Crippen molar-refractivity contribution in [3.05, 3.63) is 83.1 Å². The van der Waals surface area contributed by atoms with Gasteiger partial charge in [0, 0.05) is 11.1 Å². The molecule has 0 radical (unpaired) electrons. The lowest BCUT2D eigenvalue weighted by Crippen LogP contribution is -2.61.